The van der Waals surface area contributed by atoms with Crippen LogP contribution in [0.15, 0.2) is 23.4 Å². The summed E-state index contributed by atoms with van der Waals surface area (Å²) in [4.78, 5) is 25.5. The Morgan fingerprint density at radius 2 is 1.74 bits per heavy atom. The number of carbonyl (C=O) groups is 2. The zero-order valence-corrected chi connectivity index (χ0v) is 13.5. The molecule has 0 atom stereocenters. The van der Waals surface area contributed by atoms with Crippen molar-refractivity contribution < 1.29 is 28.9 Å². The van der Waals surface area contributed by atoms with Gasteiger partial charge in [-0.25, -0.2) is 9.59 Å². The van der Waals surface area contributed by atoms with Crippen molar-refractivity contribution in [1.29, 1.82) is 0 Å². The predicted molar refractivity (Wildman–Crippen MR) is 81.9 cm³/mol. The minimum absolute atomic E-state index is 0.000981. The highest BCUT2D eigenvalue weighted by molar-refractivity contribution is 6.03. The lowest BCUT2D eigenvalue weighted by Crippen LogP contribution is -2.38. The maximum absolute atomic E-state index is 12.2. The van der Waals surface area contributed by atoms with Crippen molar-refractivity contribution in [2.75, 3.05) is 32.5 Å². The average Bonchev–Trinajstić information content (AvgIpc) is 2.56. The minimum atomic E-state index is -0.702. The summed E-state index contributed by atoms with van der Waals surface area (Å²) in [5.74, 6) is -1.41. The third kappa shape index (κ3) is 3.14. The second kappa shape index (κ2) is 6.70. The van der Waals surface area contributed by atoms with Crippen LogP contribution in [0.2, 0.25) is 0 Å². The highest BCUT2D eigenvalue weighted by Gasteiger charge is 2.33. The molecule has 2 rings (SSSR count). The van der Waals surface area contributed by atoms with Gasteiger partial charge in [-0.3, -0.25) is 0 Å². The van der Waals surface area contributed by atoms with Crippen LogP contribution in [0.25, 0.3) is 0 Å². The van der Waals surface area contributed by atoms with E-state index in [1.54, 1.807) is 12.1 Å². The third-order valence-electron chi connectivity index (χ3n) is 3.71. The molecule has 1 N–H and O–H groups in total. The van der Waals surface area contributed by atoms with Crippen molar-refractivity contribution >= 4 is 17.6 Å². The molecule has 7 nitrogen and oxygen atoms in total. The summed E-state index contributed by atoms with van der Waals surface area (Å²) in [6, 6.07) is 3.31. The molecule has 23 heavy (non-hydrogen) atoms. The van der Waals surface area contributed by atoms with Gasteiger partial charge in [0.25, 0.3) is 0 Å². The lowest BCUT2D eigenvalue weighted by Gasteiger charge is -2.32. The maximum Gasteiger partial charge on any atom is 0.355 e. The van der Waals surface area contributed by atoms with Crippen molar-refractivity contribution in [2.24, 2.45) is 0 Å². The van der Waals surface area contributed by atoms with Crippen molar-refractivity contribution in [1.82, 2.24) is 0 Å². The van der Waals surface area contributed by atoms with E-state index in [-0.39, 0.29) is 30.4 Å². The fourth-order valence-electron chi connectivity index (χ4n) is 2.34. The van der Waals surface area contributed by atoms with E-state index in [0.717, 1.165) is 11.1 Å². The molecule has 1 heterocycles. The summed E-state index contributed by atoms with van der Waals surface area (Å²) in [7, 11) is 2.44. The number of esters is 2. The largest absolute Gasteiger partial charge is 0.506 e. The molecule has 0 unspecified atom stereocenters. The van der Waals surface area contributed by atoms with Crippen LogP contribution in [0, 0.1) is 13.8 Å². The van der Waals surface area contributed by atoms with E-state index in [4.69, 9.17) is 14.2 Å². The van der Waals surface area contributed by atoms with Crippen molar-refractivity contribution in [3.63, 3.8) is 0 Å². The smallest absolute Gasteiger partial charge is 0.355 e. The number of rotatable bonds is 3. The monoisotopic (exact) mass is 321 g/mol. The quantitative estimate of drug-likeness (QED) is 0.842. The van der Waals surface area contributed by atoms with Gasteiger partial charge in [-0.1, -0.05) is 0 Å². The standard InChI is InChI=1S/C16H19NO6/c1-9-5-12(13(18)6-10(9)2)17-8-23-7-11(15(19)21-3)14(17)16(20)22-4/h5-6,18H,7-8H2,1-4H3. The van der Waals surface area contributed by atoms with Crippen molar-refractivity contribution in [3.8, 4) is 5.75 Å². The Bertz CT molecular complexity index is 679. The van der Waals surface area contributed by atoms with Gasteiger partial charge in [0.2, 0.25) is 0 Å². The van der Waals surface area contributed by atoms with E-state index < -0.39 is 11.9 Å². The van der Waals surface area contributed by atoms with Crippen LogP contribution < -0.4 is 4.90 Å². The Morgan fingerprint density at radius 1 is 1.13 bits per heavy atom. The number of aromatic hydroxyl groups is 1. The van der Waals surface area contributed by atoms with Crippen LogP contribution in [0.4, 0.5) is 5.69 Å². The topological polar surface area (TPSA) is 85.3 Å². The normalized spacial score (nSPS) is 14.7. The first kappa shape index (κ1) is 16.8. The van der Waals surface area contributed by atoms with Gasteiger partial charge in [0, 0.05) is 0 Å². The van der Waals surface area contributed by atoms with Gasteiger partial charge < -0.3 is 24.2 Å². The first-order chi connectivity index (χ1) is 10.9. The number of aryl methyl sites for hydroxylation is 2. The van der Waals surface area contributed by atoms with E-state index in [9.17, 15) is 14.7 Å². The summed E-state index contributed by atoms with van der Waals surface area (Å²) in [5.41, 5.74) is 2.23. The fourth-order valence-corrected chi connectivity index (χ4v) is 2.34. The number of benzene rings is 1. The number of phenolic OH excluding ortho intramolecular Hbond substituents is 1. The van der Waals surface area contributed by atoms with Gasteiger partial charge in [-0.15, -0.1) is 0 Å². The number of phenols is 1. The van der Waals surface area contributed by atoms with Gasteiger partial charge in [0.1, 0.15) is 18.2 Å². The first-order valence-corrected chi connectivity index (χ1v) is 6.96. The Hall–Kier alpha value is -2.54. The molecule has 0 fully saturated rings. The Labute approximate surface area is 134 Å². The minimum Gasteiger partial charge on any atom is -0.506 e. The molecule has 0 bridgehead atoms. The summed E-state index contributed by atoms with van der Waals surface area (Å²) in [6.07, 6.45) is 0. The summed E-state index contributed by atoms with van der Waals surface area (Å²) in [5, 5.41) is 10.2. The summed E-state index contributed by atoms with van der Waals surface area (Å²) >= 11 is 0. The molecule has 0 aromatic heterocycles. The average molecular weight is 321 g/mol. The molecule has 0 radical (unpaired) electrons. The SMILES string of the molecule is COC(=O)C1=C(C(=O)OC)N(c2cc(C)c(C)cc2O)COC1. The molecule has 1 aromatic carbocycles. The molecule has 1 aromatic rings. The summed E-state index contributed by atoms with van der Waals surface area (Å²) in [6.45, 7) is 3.68. The van der Waals surface area contributed by atoms with Crippen LogP contribution >= 0.6 is 0 Å². The van der Waals surface area contributed by atoms with Crippen molar-refractivity contribution in [2.45, 2.75) is 13.8 Å². The number of hydrogen-bond acceptors (Lipinski definition) is 7. The maximum atomic E-state index is 12.2. The van der Waals surface area contributed by atoms with Gasteiger partial charge in [-0.2, -0.15) is 0 Å². The van der Waals surface area contributed by atoms with Crippen LogP contribution in [-0.2, 0) is 23.8 Å². The zero-order valence-electron chi connectivity index (χ0n) is 13.5. The number of methoxy groups -OCH3 is 2. The van der Waals surface area contributed by atoms with Crippen LogP contribution in [0.5, 0.6) is 5.75 Å². The van der Waals surface area contributed by atoms with Gasteiger partial charge in [0.15, 0.2) is 0 Å². The van der Waals surface area contributed by atoms with Crippen LogP contribution in [0.1, 0.15) is 11.1 Å². The predicted octanol–water partition coefficient (Wildman–Crippen LogP) is 1.40. The second-order valence-electron chi connectivity index (χ2n) is 5.14. The van der Waals surface area contributed by atoms with E-state index in [2.05, 4.69) is 0 Å². The molecule has 0 spiro atoms. The van der Waals surface area contributed by atoms with Crippen LogP contribution in [-0.4, -0.2) is 44.6 Å². The van der Waals surface area contributed by atoms with E-state index in [1.165, 1.54) is 19.1 Å². The molecule has 0 amide bonds. The third-order valence-corrected chi connectivity index (χ3v) is 3.71. The van der Waals surface area contributed by atoms with Crippen LogP contribution in [0.3, 0.4) is 0 Å². The molecule has 1 aliphatic heterocycles. The number of hydrogen-bond donors (Lipinski definition) is 1. The molecule has 7 heteroatoms. The number of ether oxygens (including phenoxy) is 3. The highest BCUT2D eigenvalue weighted by atomic mass is 16.5. The first-order valence-electron chi connectivity index (χ1n) is 6.96. The molecule has 0 aliphatic carbocycles. The summed E-state index contributed by atoms with van der Waals surface area (Å²) < 4.78 is 14.8. The van der Waals surface area contributed by atoms with Gasteiger partial charge in [-0.05, 0) is 37.1 Å². The van der Waals surface area contributed by atoms with E-state index >= 15 is 0 Å². The highest BCUT2D eigenvalue weighted by Crippen LogP contribution is 2.35. The van der Waals surface area contributed by atoms with Gasteiger partial charge in [0.05, 0.1) is 32.1 Å². The zero-order chi connectivity index (χ0) is 17.1. The van der Waals surface area contributed by atoms with Crippen molar-refractivity contribution in [3.05, 3.63) is 34.5 Å². The Balaban J connectivity index is 2.62. The molecule has 0 saturated heterocycles. The molecule has 124 valence electrons. The van der Waals surface area contributed by atoms with E-state index in [1.807, 2.05) is 13.8 Å². The molecular weight excluding hydrogens is 302 g/mol. The van der Waals surface area contributed by atoms with Gasteiger partial charge >= 0.3 is 11.9 Å². The number of carbonyl (C=O) groups excluding carboxylic acids is 2. The molecule has 1 aliphatic rings. The molecular formula is C16H19NO6. The fraction of sp³-hybridized carbons (Fsp3) is 0.375. The Kier molecular flexibility index (Phi) is 4.90. The Morgan fingerprint density at radius 3 is 2.35 bits per heavy atom. The lowest BCUT2D eigenvalue weighted by atomic mass is 10.1. The number of nitrogens with zero attached hydrogens (tertiary/aromatic N) is 1. The van der Waals surface area contributed by atoms with E-state index in [0.29, 0.717) is 5.69 Å². The number of anilines is 1. The lowest BCUT2D eigenvalue weighted by molar-refractivity contribution is -0.140. The second-order valence-corrected chi connectivity index (χ2v) is 5.14. The molecule has 0 saturated carbocycles.